The molecule has 0 aliphatic carbocycles. The second-order valence-corrected chi connectivity index (χ2v) is 23.2. The van der Waals surface area contributed by atoms with E-state index in [9.17, 15) is 30.3 Å². The molecule has 0 spiro atoms. The summed E-state index contributed by atoms with van der Waals surface area (Å²) >= 11 is 0. The zero-order chi connectivity index (χ0) is 55.8. The number of hydrogen-bond donors (Lipinski definition) is 6. The van der Waals surface area contributed by atoms with E-state index in [4.69, 9.17) is 9.47 Å². The molecule has 1 heterocycles. The number of nitrogens with one attached hydrogen (secondary N) is 1. The molecule has 77 heavy (non-hydrogen) atoms. The predicted octanol–water partition coefficient (Wildman–Crippen LogP) is 17.6. The summed E-state index contributed by atoms with van der Waals surface area (Å²) in [5, 5.41) is 54.4. The number of allylic oxidation sites excluding steroid dienone is 7. The van der Waals surface area contributed by atoms with Gasteiger partial charge in [-0.1, -0.05) is 294 Å². The van der Waals surface area contributed by atoms with E-state index in [1.54, 1.807) is 6.08 Å². The second-order valence-electron chi connectivity index (χ2n) is 23.2. The quantitative estimate of drug-likeness (QED) is 0.0261. The first-order chi connectivity index (χ1) is 37.8. The van der Waals surface area contributed by atoms with Crippen LogP contribution in [0.3, 0.4) is 0 Å². The molecular weight excluding hydrogens is 959 g/mol. The van der Waals surface area contributed by atoms with E-state index in [0.29, 0.717) is 6.42 Å². The zero-order valence-electron chi connectivity index (χ0n) is 50.5. The van der Waals surface area contributed by atoms with Crippen LogP contribution in [0.1, 0.15) is 322 Å². The van der Waals surface area contributed by atoms with E-state index in [0.717, 1.165) is 51.4 Å². The molecule has 7 unspecified atom stereocenters. The molecule has 7 atom stereocenters. The van der Waals surface area contributed by atoms with E-state index in [1.807, 2.05) is 6.08 Å². The summed E-state index contributed by atoms with van der Waals surface area (Å²) in [6.45, 7) is 3.74. The molecule has 0 saturated carbocycles. The van der Waals surface area contributed by atoms with Gasteiger partial charge in [0.15, 0.2) is 6.29 Å². The maximum atomic E-state index is 13.0. The Kier molecular flexibility index (Phi) is 54.5. The summed E-state index contributed by atoms with van der Waals surface area (Å²) in [6.07, 6.45) is 71.1. The predicted molar refractivity (Wildman–Crippen MR) is 327 cm³/mol. The summed E-state index contributed by atoms with van der Waals surface area (Å²) in [6, 6.07) is -0.826. The van der Waals surface area contributed by atoms with Gasteiger partial charge in [0.25, 0.3) is 0 Å². The van der Waals surface area contributed by atoms with E-state index in [-0.39, 0.29) is 12.5 Å². The number of aliphatic hydroxyl groups excluding tert-OH is 5. The molecule has 0 bridgehead atoms. The van der Waals surface area contributed by atoms with Gasteiger partial charge in [-0.2, -0.15) is 0 Å². The maximum Gasteiger partial charge on any atom is 0.220 e. The minimum atomic E-state index is -1.57. The lowest BCUT2D eigenvalue weighted by Gasteiger charge is -2.40. The van der Waals surface area contributed by atoms with Crippen molar-refractivity contribution in [3.05, 3.63) is 48.6 Å². The number of carbonyl (C=O) groups is 1. The highest BCUT2D eigenvalue weighted by Crippen LogP contribution is 2.23. The fraction of sp³-hybridized carbons (Fsp3) is 0.868. The van der Waals surface area contributed by atoms with Gasteiger partial charge in [-0.25, -0.2) is 0 Å². The van der Waals surface area contributed by atoms with Gasteiger partial charge in [0.2, 0.25) is 5.91 Å². The van der Waals surface area contributed by atoms with Crippen LogP contribution >= 0.6 is 0 Å². The molecule has 452 valence electrons. The van der Waals surface area contributed by atoms with Crippen LogP contribution in [0.2, 0.25) is 0 Å². The van der Waals surface area contributed by atoms with Gasteiger partial charge in [0.05, 0.1) is 25.4 Å². The van der Waals surface area contributed by atoms with Crippen molar-refractivity contribution in [2.45, 2.75) is 365 Å². The standard InChI is InChI=1S/C68H127NO8/c1-3-5-7-9-11-13-15-17-18-19-20-21-22-23-24-25-26-27-28-29-30-31-32-33-34-35-36-37-38-39-40-41-42-43-44-46-48-50-52-54-56-58-64(72)69-61(60-76-68-67(75)66(74)65(73)63(59-70)77-68)62(71)57-55-53-51-49-47-45-16-14-12-10-8-6-4-2/h12,14,19-20,47,49,55,57,61-63,65-68,70-71,73-75H,3-11,13,15-18,21-46,48,50-54,56,58-60H2,1-2H3,(H,69,72)/b14-12+,20-19-,49-47+,57-55+. The van der Waals surface area contributed by atoms with Gasteiger partial charge < -0.3 is 40.3 Å². The highest BCUT2D eigenvalue weighted by atomic mass is 16.7. The first-order valence-electron chi connectivity index (χ1n) is 33.4. The number of amides is 1. The lowest BCUT2D eigenvalue weighted by molar-refractivity contribution is -0.302. The van der Waals surface area contributed by atoms with Crippen LogP contribution in [0.15, 0.2) is 48.6 Å². The minimum Gasteiger partial charge on any atom is -0.394 e. The molecule has 9 nitrogen and oxygen atoms in total. The largest absolute Gasteiger partial charge is 0.394 e. The highest BCUT2D eigenvalue weighted by molar-refractivity contribution is 5.76. The van der Waals surface area contributed by atoms with Crippen molar-refractivity contribution in [1.82, 2.24) is 5.32 Å². The van der Waals surface area contributed by atoms with Gasteiger partial charge >= 0.3 is 0 Å². The summed E-state index contributed by atoms with van der Waals surface area (Å²) in [5.41, 5.74) is 0. The van der Waals surface area contributed by atoms with Gasteiger partial charge in [0.1, 0.15) is 24.4 Å². The topological polar surface area (TPSA) is 149 Å². The van der Waals surface area contributed by atoms with Crippen molar-refractivity contribution in [3.63, 3.8) is 0 Å². The van der Waals surface area contributed by atoms with Crippen LogP contribution in [0, 0.1) is 0 Å². The third kappa shape index (κ3) is 46.5. The summed E-state index contributed by atoms with van der Waals surface area (Å²) in [4.78, 5) is 13.0. The molecule has 9 heteroatoms. The van der Waals surface area contributed by atoms with E-state index in [2.05, 4.69) is 55.6 Å². The molecule has 0 aromatic heterocycles. The fourth-order valence-electron chi connectivity index (χ4n) is 10.6. The number of hydrogen-bond acceptors (Lipinski definition) is 8. The van der Waals surface area contributed by atoms with E-state index < -0.39 is 49.5 Å². The molecule has 1 aliphatic heterocycles. The molecular formula is C68H127NO8. The monoisotopic (exact) mass is 1090 g/mol. The molecule has 1 aliphatic rings. The van der Waals surface area contributed by atoms with Crippen molar-refractivity contribution in [2.24, 2.45) is 0 Å². The number of rotatable bonds is 58. The number of carbonyl (C=O) groups excluding carboxylic acids is 1. The van der Waals surface area contributed by atoms with Crippen LogP contribution in [0.25, 0.3) is 0 Å². The summed E-state index contributed by atoms with van der Waals surface area (Å²) in [5.74, 6) is -0.187. The third-order valence-electron chi connectivity index (χ3n) is 15.9. The van der Waals surface area contributed by atoms with E-state index >= 15 is 0 Å². The summed E-state index contributed by atoms with van der Waals surface area (Å²) in [7, 11) is 0. The number of aliphatic hydroxyl groups is 5. The maximum absolute atomic E-state index is 13.0. The van der Waals surface area contributed by atoms with Crippen molar-refractivity contribution >= 4 is 5.91 Å². The Labute approximate surface area is 475 Å². The van der Waals surface area contributed by atoms with Crippen molar-refractivity contribution < 1.29 is 39.8 Å². The Hall–Kier alpha value is -1.85. The van der Waals surface area contributed by atoms with Gasteiger partial charge in [-0.3, -0.25) is 4.79 Å². The van der Waals surface area contributed by atoms with Gasteiger partial charge in [-0.15, -0.1) is 0 Å². The van der Waals surface area contributed by atoms with Crippen LogP contribution in [0.4, 0.5) is 0 Å². The Morgan fingerprint density at radius 3 is 1.12 bits per heavy atom. The molecule has 1 amide bonds. The van der Waals surface area contributed by atoms with Crippen molar-refractivity contribution in [2.75, 3.05) is 13.2 Å². The smallest absolute Gasteiger partial charge is 0.220 e. The SMILES string of the molecule is CCCCC/C=C/CC/C=C/CC/C=C/C(O)C(COC1OC(CO)C(O)C(O)C1O)NC(=O)CCCCCCCCCCCCCCCCCCCCCCCCCCCCCCC/C=C\CCCCCCCCCC. The van der Waals surface area contributed by atoms with Crippen LogP contribution < -0.4 is 5.32 Å². The summed E-state index contributed by atoms with van der Waals surface area (Å²) < 4.78 is 11.2. The first-order valence-corrected chi connectivity index (χ1v) is 33.4. The Morgan fingerprint density at radius 1 is 0.429 bits per heavy atom. The van der Waals surface area contributed by atoms with Gasteiger partial charge in [0, 0.05) is 6.42 Å². The average Bonchev–Trinajstić information content (AvgIpc) is 3.43. The molecule has 6 N–H and O–H groups in total. The Balaban J connectivity index is 2.00. The molecule has 0 radical (unpaired) electrons. The number of unbranched alkanes of at least 4 members (excludes halogenated alkanes) is 42. The normalized spacial score (nSPS) is 19.0. The van der Waals surface area contributed by atoms with Crippen molar-refractivity contribution in [3.8, 4) is 0 Å². The van der Waals surface area contributed by atoms with Crippen molar-refractivity contribution in [1.29, 1.82) is 0 Å². The fourth-order valence-corrected chi connectivity index (χ4v) is 10.6. The lowest BCUT2D eigenvalue weighted by atomic mass is 9.99. The molecule has 1 saturated heterocycles. The third-order valence-corrected chi connectivity index (χ3v) is 15.9. The molecule has 0 aromatic rings. The lowest BCUT2D eigenvalue weighted by Crippen LogP contribution is -2.60. The second kappa shape index (κ2) is 57.4. The number of ether oxygens (including phenoxy) is 2. The Morgan fingerprint density at radius 2 is 0.740 bits per heavy atom. The highest BCUT2D eigenvalue weighted by Gasteiger charge is 2.44. The Bertz CT molecular complexity index is 1350. The zero-order valence-corrected chi connectivity index (χ0v) is 50.5. The van der Waals surface area contributed by atoms with Crippen LogP contribution in [-0.2, 0) is 14.3 Å². The molecule has 1 rings (SSSR count). The average molecular weight is 1090 g/mol. The van der Waals surface area contributed by atoms with Gasteiger partial charge in [-0.05, 0) is 70.6 Å². The van der Waals surface area contributed by atoms with Crippen LogP contribution in [0.5, 0.6) is 0 Å². The minimum absolute atomic E-state index is 0.187. The molecule has 1 fully saturated rings. The molecule has 0 aromatic carbocycles. The first kappa shape index (κ1) is 73.2. The van der Waals surface area contributed by atoms with E-state index in [1.165, 1.54) is 250 Å². The van der Waals surface area contributed by atoms with Crippen LogP contribution in [-0.4, -0.2) is 87.5 Å².